The average Bonchev–Trinajstić information content (AvgIpc) is 2.02. The Morgan fingerprint density at radius 3 is 2.42 bits per heavy atom. The molecule has 6 heteroatoms. The number of aliphatic hydroxyl groups excluding tert-OH is 1. The monoisotopic (exact) mass is 177 g/mol. The van der Waals surface area contributed by atoms with E-state index in [2.05, 4.69) is 4.74 Å². The first-order chi connectivity index (χ1) is 5.50. The van der Waals surface area contributed by atoms with Crippen LogP contribution in [0.25, 0.3) is 0 Å². The van der Waals surface area contributed by atoms with E-state index in [1.165, 1.54) is 0 Å². The summed E-state index contributed by atoms with van der Waals surface area (Å²) in [5.41, 5.74) is 5.04. The Kier molecular flexibility index (Phi) is 4.24. The summed E-state index contributed by atoms with van der Waals surface area (Å²) >= 11 is 0. The molecule has 0 aliphatic rings. The molecule has 6 nitrogen and oxygen atoms in total. The molecular formula is C6H11NO5. The summed E-state index contributed by atoms with van der Waals surface area (Å²) in [5, 5.41) is 17.0. The highest BCUT2D eigenvalue weighted by molar-refractivity contribution is 5.85. The summed E-state index contributed by atoms with van der Waals surface area (Å²) in [6.45, 7) is 1.65. The largest absolute Gasteiger partial charge is 0.479 e. The zero-order chi connectivity index (χ0) is 9.72. The lowest BCUT2D eigenvalue weighted by molar-refractivity contribution is -0.157. The van der Waals surface area contributed by atoms with Crippen molar-refractivity contribution in [2.24, 2.45) is 5.73 Å². The Morgan fingerprint density at radius 2 is 2.08 bits per heavy atom. The molecule has 0 radical (unpaired) electrons. The highest BCUT2D eigenvalue weighted by Gasteiger charge is 2.29. The number of carbonyl (C=O) groups is 2. The second-order valence-electron chi connectivity index (χ2n) is 2.06. The summed E-state index contributed by atoms with van der Waals surface area (Å²) < 4.78 is 4.39. The lowest BCUT2D eigenvalue weighted by atomic mass is 10.2. The van der Waals surface area contributed by atoms with Crippen LogP contribution in [0.1, 0.15) is 6.92 Å². The number of aliphatic carboxylic acids is 1. The number of ether oxygens (including phenoxy) is 1. The average molecular weight is 177 g/mol. The van der Waals surface area contributed by atoms with Gasteiger partial charge in [-0.25, -0.2) is 4.79 Å². The quantitative estimate of drug-likeness (QED) is 0.442. The maximum Gasteiger partial charge on any atom is 0.334 e. The SMILES string of the molecule is CCOC(=O)[C@H](N)[C@H](O)C(=O)O. The molecule has 70 valence electrons. The standard InChI is InChI=1S/C6H11NO5/c1-2-12-6(11)3(7)4(8)5(9)10/h3-4,8H,2,7H2,1H3,(H,9,10)/t3-,4+/m1/s1. The number of rotatable bonds is 4. The molecule has 0 bridgehead atoms. The number of esters is 1. The van der Waals surface area contributed by atoms with E-state index in [1.807, 2.05) is 0 Å². The van der Waals surface area contributed by atoms with Gasteiger partial charge >= 0.3 is 11.9 Å². The summed E-state index contributed by atoms with van der Waals surface area (Å²) in [6, 6.07) is -1.53. The van der Waals surface area contributed by atoms with Gasteiger partial charge in [-0.05, 0) is 6.92 Å². The van der Waals surface area contributed by atoms with Crippen LogP contribution in [0, 0.1) is 0 Å². The smallest absolute Gasteiger partial charge is 0.334 e. The number of carboxylic acid groups (broad SMARTS) is 1. The summed E-state index contributed by atoms with van der Waals surface area (Å²) in [4.78, 5) is 20.8. The van der Waals surface area contributed by atoms with Crippen LogP contribution in [0.15, 0.2) is 0 Å². The van der Waals surface area contributed by atoms with Crippen molar-refractivity contribution < 1.29 is 24.5 Å². The van der Waals surface area contributed by atoms with Gasteiger partial charge in [-0.3, -0.25) is 4.79 Å². The van der Waals surface area contributed by atoms with E-state index in [0.717, 1.165) is 0 Å². The van der Waals surface area contributed by atoms with Crippen LogP contribution in [-0.2, 0) is 14.3 Å². The molecule has 0 aromatic heterocycles. The van der Waals surface area contributed by atoms with Crippen molar-refractivity contribution in [2.75, 3.05) is 6.61 Å². The molecule has 2 atom stereocenters. The normalized spacial score (nSPS) is 14.9. The Morgan fingerprint density at radius 1 is 1.58 bits per heavy atom. The first-order valence-corrected chi connectivity index (χ1v) is 3.33. The van der Waals surface area contributed by atoms with Gasteiger partial charge in [0.15, 0.2) is 6.10 Å². The molecule has 0 fully saturated rings. The Balaban J connectivity index is 4.09. The van der Waals surface area contributed by atoms with Gasteiger partial charge in [0.2, 0.25) is 0 Å². The van der Waals surface area contributed by atoms with Crippen molar-refractivity contribution in [3.63, 3.8) is 0 Å². The molecule has 0 amide bonds. The van der Waals surface area contributed by atoms with Gasteiger partial charge in [0, 0.05) is 0 Å². The predicted octanol–water partition coefficient (Wildman–Crippen LogP) is -1.68. The van der Waals surface area contributed by atoms with Crippen LogP contribution in [-0.4, -0.2) is 40.9 Å². The number of carbonyl (C=O) groups excluding carboxylic acids is 1. The van der Waals surface area contributed by atoms with Crippen molar-refractivity contribution in [2.45, 2.75) is 19.1 Å². The molecule has 12 heavy (non-hydrogen) atoms. The Labute approximate surface area is 68.9 Å². The third-order valence-corrected chi connectivity index (χ3v) is 1.15. The van der Waals surface area contributed by atoms with Gasteiger partial charge in [0.05, 0.1) is 6.61 Å². The molecular weight excluding hydrogens is 166 g/mol. The molecule has 0 spiro atoms. The van der Waals surface area contributed by atoms with Crippen LogP contribution >= 0.6 is 0 Å². The lowest BCUT2D eigenvalue weighted by Gasteiger charge is -2.12. The fraction of sp³-hybridized carbons (Fsp3) is 0.667. The Hall–Kier alpha value is -1.14. The first kappa shape index (κ1) is 10.9. The number of nitrogens with two attached hydrogens (primary N) is 1. The van der Waals surface area contributed by atoms with E-state index in [-0.39, 0.29) is 6.61 Å². The molecule has 0 aliphatic carbocycles. The van der Waals surface area contributed by atoms with Crippen molar-refractivity contribution >= 4 is 11.9 Å². The predicted molar refractivity (Wildman–Crippen MR) is 38.3 cm³/mol. The molecule has 0 aromatic carbocycles. The van der Waals surface area contributed by atoms with Crippen LogP contribution in [0.4, 0.5) is 0 Å². The third kappa shape index (κ3) is 2.85. The maximum atomic E-state index is 10.7. The second kappa shape index (κ2) is 4.68. The minimum Gasteiger partial charge on any atom is -0.479 e. The van der Waals surface area contributed by atoms with Crippen molar-refractivity contribution in [3.05, 3.63) is 0 Å². The van der Waals surface area contributed by atoms with Crippen molar-refractivity contribution in [1.82, 2.24) is 0 Å². The van der Waals surface area contributed by atoms with Crippen LogP contribution in [0.3, 0.4) is 0 Å². The van der Waals surface area contributed by atoms with Crippen molar-refractivity contribution in [3.8, 4) is 0 Å². The minimum atomic E-state index is -1.91. The van der Waals surface area contributed by atoms with E-state index in [9.17, 15) is 9.59 Å². The van der Waals surface area contributed by atoms with Gasteiger partial charge in [-0.2, -0.15) is 0 Å². The molecule has 0 aromatic rings. The van der Waals surface area contributed by atoms with Gasteiger partial charge < -0.3 is 20.7 Å². The zero-order valence-corrected chi connectivity index (χ0v) is 6.56. The number of carboxylic acids is 1. The van der Waals surface area contributed by atoms with Crippen molar-refractivity contribution in [1.29, 1.82) is 0 Å². The van der Waals surface area contributed by atoms with E-state index < -0.39 is 24.1 Å². The number of hydrogen-bond donors (Lipinski definition) is 3. The topological polar surface area (TPSA) is 110 Å². The van der Waals surface area contributed by atoms with Gasteiger partial charge in [0.25, 0.3) is 0 Å². The fourth-order valence-electron chi connectivity index (χ4n) is 0.521. The maximum absolute atomic E-state index is 10.7. The highest BCUT2D eigenvalue weighted by atomic mass is 16.5. The van der Waals surface area contributed by atoms with Gasteiger partial charge in [-0.1, -0.05) is 0 Å². The molecule has 0 aliphatic heterocycles. The van der Waals surface area contributed by atoms with E-state index in [0.29, 0.717) is 0 Å². The number of aliphatic hydroxyl groups is 1. The molecule has 0 rings (SSSR count). The van der Waals surface area contributed by atoms with Gasteiger partial charge in [-0.15, -0.1) is 0 Å². The first-order valence-electron chi connectivity index (χ1n) is 3.33. The summed E-state index contributed by atoms with van der Waals surface area (Å²) in [7, 11) is 0. The minimum absolute atomic E-state index is 0.0961. The number of hydrogen-bond acceptors (Lipinski definition) is 5. The lowest BCUT2D eigenvalue weighted by Crippen LogP contribution is -2.47. The van der Waals surface area contributed by atoms with E-state index >= 15 is 0 Å². The third-order valence-electron chi connectivity index (χ3n) is 1.15. The zero-order valence-electron chi connectivity index (χ0n) is 6.56. The van der Waals surface area contributed by atoms with E-state index in [4.69, 9.17) is 15.9 Å². The summed E-state index contributed by atoms with van der Waals surface area (Å²) in [6.07, 6.45) is -1.91. The highest BCUT2D eigenvalue weighted by Crippen LogP contribution is 1.93. The van der Waals surface area contributed by atoms with Crippen LogP contribution in [0.2, 0.25) is 0 Å². The molecule has 4 N–H and O–H groups in total. The molecule has 0 unspecified atom stereocenters. The Bertz CT molecular complexity index is 181. The van der Waals surface area contributed by atoms with Crippen LogP contribution in [0.5, 0.6) is 0 Å². The van der Waals surface area contributed by atoms with E-state index in [1.54, 1.807) is 6.92 Å². The second-order valence-corrected chi connectivity index (χ2v) is 2.06. The molecule has 0 saturated carbocycles. The van der Waals surface area contributed by atoms with Gasteiger partial charge in [0.1, 0.15) is 6.04 Å². The van der Waals surface area contributed by atoms with Crippen LogP contribution < -0.4 is 5.73 Å². The molecule has 0 heterocycles. The fourth-order valence-corrected chi connectivity index (χ4v) is 0.521. The molecule has 0 saturated heterocycles. The summed E-state index contributed by atoms with van der Waals surface area (Å²) in [5.74, 6) is -2.47.